The number of carbonyl (C=O) groups is 1. The average Bonchev–Trinajstić information content (AvgIpc) is 3.20. The molecule has 2 unspecified atom stereocenters. The Morgan fingerprint density at radius 1 is 1.03 bits per heavy atom. The second kappa shape index (κ2) is 11.3. The number of benzene rings is 2. The van der Waals surface area contributed by atoms with Gasteiger partial charge in [-0.1, -0.05) is 42.5 Å². The van der Waals surface area contributed by atoms with Crippen molar-refractivity contribution in [1.82, 2.24) is 20.4 Å². The lowest BCUT2D eigenvalue weighted by Gasteiger charge is -2.26. The van der Waals surface area contributed by atoms with Gasteiger partial charge in [0.2, 0.25) is 0 Å². The Labute approximate surface area is 198 Å². The highest BCUT2D eigenvalue weighted by atomic mass is 16.2. The van der Waals surface area contributed by atoms with Gasteiger partial charge in [-0.05, 0) is 55.9 Å². The number of rotatable bonds is 6. The van der Waals surface area contributed by atoms with Gasteiger partial charge in [0.1, 0.15) is 0 Å². The van der Waals surface area contributed by atoms with Gasteiger partial charge in [0, 0.05) is 57.4 Å². The molecule has 2 fully saturated rings. The summed E-state index contributed by atoms with van der Waals surface area (Å²) >= 11 is 0. The van der Waals surface area contributed by atoms with E-state index in [1.54, 1.807) is 0 Å². The van der Waals surface area contributed by atoms with E-state index in [1.165, 1.54) is 12.0 Å². The number of carbonyl (C=O) groups excluding carboxylic acids is 1. The van der Waals surface area contributed by atoms with Crippen molar-refractivity contribution in [3.05, 3.63) is 71.3 Å². The Morgan fingerprint density at radius 2 is 1.79 bits per heavy atom. The van der Waals surface area contributed by atoms with Crippen LogP contribution >= 0.6 is 0 Å². The number of piperidine rings is 1. The van der Waals surface area contributed by atoms with Crippen LogP contribution in [0.5, 0.6) is 0 Å². The quantitative estimate of drug-likeness (QED) is 0.524. The number of nitrogens with one attached hydrogen (secondary N) is 2. The van der Waals surface area contributed by atoms with Gasteiger partial charge in [0.25, 0.3) is 5.91 Å². The van der Waals surface area contributed by atoms with Crippen LogP contribution in [0.2, 0.25) is 0 Å². The maximum absolute atomic E-state index is 12.8. The molecule has 0 aliphatic carbocycles. The number of hydrogen-bond acceptors (Lipinski definition) is 3. The van der Waals surface area contributed by atoms with Gasteiger partial charge in [-0.25, -0.2) is 0 Å². The molecule has 2 N–H and O–H groups in total. The zero-order valence-electron chi connectivity index (χ0n) is 20.0. The first-order valence-electron chi connectivity index (χ1n) is 12.3. The van der Waals surface area contributed by atoms with Crippen molar-refractivity contribution in [3.63, 3.8) is 0 Å². The van der Waals surface area contributed by atoms with Gasteiger partial charge in [0.05, 0.1) is 0 Å². The van der Waals surface area contributed by atoms with Crippen LogP contribution in [0.4, 0.5) is 0 Å². The maximum atomic E-state index is 12.8. The average molecular weight is 448 g/mol. The molecule has 2 aliphatic rings. The van der Waals surface area contributed by atoms with Crippen LogP contribution in [-0.4, -0.2) is 60.4 Å². The van der Waals surface area contributed by atoms with Gasteiger partial charge < -0.3 is 15.5 Å². The molecule has 2 aromatic rings. The lowest BCUT2D eigenvalue weighted by Crippen LogP contribution is -2.44. The zero-order valence-corrected chi connectivity index (χ0v) is 20.0. The number of hydrogen-bond donors (Lipinski definition) is 2. The molecule has 1 amide bonds. The van der Waals surface area contributed by atoms with Crippen molar-refractivity contribution in [2.24, 2.45) is 4.99 Å². The van der Waals surface area contributed by atoms with E-state index < -0.39 is 0 Å². The second-order valence-electron chi connectivity index (χ2n) is 9.32. The fourth-order valence-electron chi connectivity index (χ4n) is 4.91. The Kier molecular flexibility index (Phi) is 8.00. The summed E-state index contributed by atoms with van der Waals surface area (Å²) in [7, 11) is 1.81. The first kappa shape index (κ1) is 23.3. The molecule has 2 aliphatic heterocycles. The Balaban J connectivity index is 1.29. The van der Waals surface area contributed by atoms with Crippen LogP contribution in [0.25, 0.3) is 0 Å². The van der Waals surface area contributed by atoms with Gasteiger partial charge in [-0.2, -0.15) is 0 Å². The van der Waals surface area contributed by atoms with Gasteiger partial charge in [0.15, 0.2) is 5.96 Å². The van der Waals surface area contributed by atoms with Crippen molar-refractivity contribution in [1.29, 1.82) is 0 Å². The summed E-state index contributed by atoms with van der Waals surface area (Å²) in [5.41, 5.74) is 3.22. The summed E-state index contributed by atoms with van der Waals surface area (Å²) in [6.07, 6.45) is 4.53. The molecule has 6 nitrogen and oxygen atoms in total. The summed E-state index contributed by atoms with van der Waals surface area (Å²) in [5, 5.41) is 7.03. The summed E-state index contributed by atoms with van der Waals surface area (Å²) in [4.78, 5) is 21.8. The van der Waals surface area contributed by atoms with Crippen molar-refractivity contribution in [2.75, 3.05) is 26.7 Å². The van der Waals surface area contributed by atoms with E-state index in [0.29, 0.717) is 18.6 Å². The minimum absolute atomic E-state index is 0.150. The van der Waals surface area contributed by atoms with Gasteiger partial charge in [-0.15, -0.1) is 0 Å². The molecule has 176 valence electrons. The molecule has 33 heavy (non-hydrogen) atoms. The van der Waals surface area contributed by atoms with Crippen LogP contribution in [0.1, 0.15) is 54.1 Å². The van der Waals surface area contributed by atoms with E-state index in [0.717, 1.165) is 62.5 Å². The first-order chi connectivity index (χ1) is 16.1. The smallest absolute Gasteiger partial charge is 0.253 e. The predicted molar refractivity (Wildman–Crippen MR) is 134 cm³/mol. The number of nitrogens with zero attached hydrogens (tertiary/aromatic N) is 3. The van der Waals surface area contributed by atoms with E-state index >= 15 is 0 Å². The molecule has 0 radical (unpaired) electrons. The van der Waals surface area contributed by atoms with E-state index in [1.807, 2.05) is 30.1 Å². The third-order valence-corrected chi connectivity index (χ3v) is 6.77. The Morgan fingerprint density at radius 3 is 2.55 bits per heavy atom. The normalized spacial score (nSPS) is 21.8. The minimum Gasteiger partial charge on any atom is -0.352 e. The van der Waals surface area contributed by atoms with Crippen LogP contribution in [-0.2, 0) is 13.1 Å². The number of likely N-dealkylation sites (tertiary alicyclic amines) is 2. The molecule has 2 saturated heterocycles. The van der Waals surface area contributed by atoms with Gasteiger partial charge >= 0.3 is 0 Å². The van der Waals surface area contributed by atoms with E-state index in [9.17, 15) is 4.79 Å². The topological polar surface area (TPSA) is 60.0 Å². The summed E-state index contributed by atoms with van der Waals surface area (Å²) in [5.74, 6) is 0.957. The highest BCUT2D eigenvalue weighted by Gasteiger charge is 2.29. The van der Waals surface area contributed by atoms with Gasteiger partial charge in [-0.3, -0.25) is 14.7 Å². The van der Waals surface area contributed by atoms with E-state index in [4.69, 9.17) is 0 Å². The largest absolute Gasteiger partial charge is 0.352 e. The molecule has 0 bridgehead atoms. The fraction of sp³-hybridized carbons (Fsp3) is 0.481. The third kappa shape index (κ3) is 6.35. The van der Waals surface area contributed by atoms with Crippen molar-refractivity contribution in [2.45, 2.75) is 57.8 Å². The minimum atomic E-state index is 0.150. The van der Waals surface area contributed by atoms with Crippen LogP contribution in [0.3, 0.4) is 0 Å². The third-order valence-electron chi connectivity index (χ3n) is 6.77. The van der Waals surface area contributed by atoms with Crippen LogP contribution < -0.4 is 10.6 Å². The molecule has 0 saturated carbocycles. The molecular formula is C27H37N5O. The predicted octanol–water partition coefficient (Wildman–Crippen LogP) is 3.64. The van der Waals surface area contributed by atoms with Crippen LogP contribution in [0.15, 0.2) is 59.6 Å². The lowest BCUT2D eigenvalue weighted by molar-refractivity contribution is 0.0724. The highest BCUT2D eigenvalue weighted by Crippen LogP contribution is 2.20. The second-order valence-corrected chi connectivity index (χ2v) is 9.32. The zero-order chi connectivity index (χ0) is 23.0. The fourth-order valence-corrected chi connectivity index (χ4v) is 4.91. The van der Waals surface area contributed by atoms with E-state index in [-0.39, 0.29) is 5.91 Å². The molecule has 2 aromatic carbocycles. The van der Waals surface area contributed by atoms with Crippen molar-refractivity contribution < 1.29 is 4.79 Å². The number of amides is 1. The monoisotopic (exact) mass is 447 g/mol. The molecule has 0 spiro atoms. The summed E-state index contributed by atoms with van der Waals surface area (Å²) in [6, 6.07) is 19.5. The maximum Gasteiger partial charge on any atom is 0.253 e. The summed E-state index contributed by atoms with van der Waals surface area (Å²) < 4.78 is 0. The van der Waals surface area contributed by atoms with Crippen molar-refractivity contribution >= 4 is 11.9 Å². The molecular weight excluding hydrogens is 410 g/mol. The molecule has 0 aromatic heterocycles. The number of aliphatic imine (C=N–C) groups is 1. The lowest BCUT2D eigenvalue weighted by atomic mass is 10.1. The standard InChI is InChI=1S/C27H37N5O/c1-21-16-25(20-32(21)19-22-10-5-3-6-11-22)30-27(28-2)29-18-23-12-9-13-24(17-23)26(33)31-14-7-4-8-15-31/h3,5-6,9-13,17,21,25H,4,7-8,14-16,18-20H2,1-2H3,(H2,28,29,30). The van der Waals surface area contributed by atoms with Crippen molar-refractivity contribution in [3.8, 4) is 0 Å². The SMILES string of the molecule is CN=C(NCc1cccc(C(=O)N2CCCCC2)c1)NC1CC(C)N(Cc2ccccc2)C1. The molecule has 2 atom stereocenters. The van der Waals surface area contributed by atoms with Crippen LogP contribution in [0, 0.1) is 0 Å². The number of guanidine groups is 1. The summed E-state index contributed by atoms with van der Waals surface area (Å²) in [6.45, 7) is 6.65. The Bertz CT molecular complexity index is 939. The highest BCUT2D eigenvalue weighted by molar-refractivity contribution is 5.94. The van der Waals surface area contributed by atoms with E-state index in [2.05, 4.69) is 63.8 Å². The molecule has 6 heteroatoms. The first-order valence-corrected chi connectivity index (χ1v) is 12.3. The molecule has 4 rings (SSSR count). The molecule has 2 heterocycles. The Hall–Kier alpha value is -2.86.